The molecule has 1 heterocycles. The van der Waals surface area contributed by atoms with Crippen LogP contribution < -0.4 is 0 Å². The molecule has 4 nitrogen and oxygen atoms in total. The van der Waals surface area contributed by atoms with E-state index < -0.39 is 5.97 Å². The SMILES string of the molecule is COC(=O)c1c(Cl)cc(CCCc2ccc3cn[nH]c3c2)cc1Cl. The Balaban J connectivity index is 1.67. The fourth-order valence-electron chi connectivity index (χ4n) is 2.70. The number of benzene rings is 2. The fourth-order valence-corrected chi connectivity index (χ4v) is 3.39. The molecule has 0 saturated heterocycles. The van der Waals surface area contributed by atoms with E-state index in [0.717, 1.165) is 35.7 Å². The minimum atomic E-state index is -0.524. The average Bonchev–Trinajstić information content (AvgIpc) is 3.01. The number of carbonyl (C=O) groups is 1. The maximum absolute atomic E-state index is 11.7. The Kier molecular flexibility index (Phi) is 5.07. The number of carbonyl (C=O) groups excluding carboxylic acids is 1. The van der Waals surface area contributed by atoms with Gasteiger partial charge in [-0.1, -0.05) is 35.3 Å². The molecule has 0 fully saturated rings. The van der Waals surface area contributed by atoms with E-state index in [1.54, 1.807) is 12.1 Å². The van der Waals surface area contributed by atoms with Crippen molar-refractivity contribution in [3.63, 3.8) is 0 Å². The molecule has 1 aromatic heterocycles. The number of H-pyrrole nitrogens is 1. The number of nitrogens with zero attached hydrogens (tertiary/aromatic N) is 1. The van der Waals surface area contributed by atoms with Crippen molar-refractivity contribution in [1.29, 1.82) is 0 Å². The van der Waals surface area contributed by atoms with E-state index in [4.69, 9.17) is 23.2 Å². The Hall–Kier alpha value is -2.04. The molecule has 0 saturated carbocycles. The number of aromatic amines is 1. The van der Waals surface area contributed by atoms with Gasteiger partial charge in [0.2, 0.25) is 0 Å². The molecule has 0 unspecified atom stereocenters. The molecule has 0 radical (unpaired) electrons. The monoisotopic (exact) mass is 362 g/mol. The van der Waals surface area contributed by atoms with Gasteiger partial charge < -0.3 is 4.74 Å². The van der Waals surface area contributed by atoms with Gasteiger partial charge in [-0.2, -0.15) is 5.10 Å². The number of halogens is 2. The Morgan fingerprint density at radius 3 is 2.54 bits per heavy atom. The van der Waals surface area contributed by atoms with E-state index in [1.807, 2.05) is 6.20 Å². The lowest BCUT2D eigenvalue weighted by atomic mass is 10.0. The first-order valence-corrected chi connectivity index (χ1v) is 8.32. The molecule has 0 bridgehead atoms. The summed E-state index contributed by atoms with van der Waals surface area (Å²) < 4.78 is 4.69. The van der Waals surface area contributed by atoms with Gasteiger partial charge in [0.1, 0.15) is 0 Å². The maximum atomic E-state index is 11.7. The van der Waals surface area contributed by atoms with Crippen molar-refractivity contribution in [3.05, 3.63) is 63.3 Å². The summed E-state index contributed by atoms with van der Waals surface area (Å²) in [4.78, 5) is 11.7. The molecule has 124 valence electrons. The van der Waals surface area contributed by atoms with Crippen LogP contribution in [0.2, 0.25) is 10.0 Å². The molecule has 24 heavy (non-hydrogen) atoms. The van der Waals surface area contributed by atoms with Gasteiger partial charge in [0.15, 0.2) is 0 Å². The highest BCUT2D eigenvalue weighted by Crippen LogP contribution is 2.28. The van der Waals surface area contributed by atoms with Gasteiger partial charge in [-0.15, -0.1) is 0 Å². The van der Waals surface area contributed by atoms with Crippen molar-refractivity contribution in [2.75, 3.05) is 7.11 Å². The van der Waals surface area contributed by atoms with Crippen LogP contribution >= 0.6 is 23.2 Å². The van der Waals surface area contributed by atoms with Gasteiger partial charge >= 0.3 is 5.97 Å². The molecule has 0 spiro atoms. The van der Waals surface area contributed by atoms with E-state index in [-0.39, 0.29) is 5.56 Å². The Morgan fingerprint density at radius 1 is 1.12 bits per heavy atom. The fraction of sp³-hybridized carbons (Fsp3) is 0.222. The summed E-state index contributed by atoms with van der Waals surface area (Å²) in [5.41, 5.74) is 3.51. The van der Waals surface area contributed by atoms with Crippen LogP contribution in [0, 0.1) is 0 Å². The second-order valence-electron chi connectivity index (χ2n) is 5.57. The molecular weight excluding hydrogens is 347 g/mol. The van der Waals surface area contributed by atoms with E-state index in [0.29, 0.717) is 10.0 Å². The van der Waals surface area contributed by atoms with Gasteiger partial charge in [-0.3, -0.25) is 5.10 Å². The second-order valence-corrected chi connectivity index (χ2v) is 6.39. The van der Waals surface area contributed by atoms with E-state index in [9.17, 15) is 4.79 Å². The van der Waals surface area contributed by atoms with Crippen molar-refractivity contribution < 1.29 is 9.53 Å². The number of hydrogen-bond acceptors (Lipinski definition) is 3. The lowest BCUT2D eigenvalue weighted by Crippen LogP contribution is -2.04. The largest absolute Gasteiger partial charge is 0.465 e. The van der Waals surface area contributed by atoms with Gasteiger partial charge in [-0.25, -0.2) is 4.79 Å². The minimum absolute atomic E-state index is 0.217. The Bertz CT molecular complexity index is 867. The molecule has 0 aliphatic heterocycles. The highest BCUT2D eigenvalue weighted by atomic mass is 35.5. The highest BCUT2D eigenvalue weighted by molar-refractivity contribution is 6.39. The third-order valence-electron chi connectivity index (χ3n) is 3.93. The number of fused-ring (bicyclic) bond motifs is 1. The molecule has 3 rings (SSSR count). The number of esters is 1. The molecule has 0 amide bonds. The molecule has 3 aromatic rings. The van der Waals surface area contributed by atoms with Crippen LogP contribution in [0.4, 0.5) is 0 Å². The zero-order valence-electron chi connectivity index (χ0n) is 13.1. The van der Waals surface area contributed by atoms with Crippen LogP contribution in [-0.2, 0) is 17.6 Å². The number of aromatic nitrogens is 2. The van der Waals surface area contributed by atoms with Crippen LogP contribution in [0.15, 0.2) is 36.5 Å². The Labute approximate surface area is 149 Å². The first kappa shape index (κ1) is 16.8. The third kappa shape index (κ3) is 3.55. The molecule has 0 atom stereocenters. The molecule has 0 aliphatic carbocycles. The lowest BCUT2D eigenvalue weighted by molar-refractivity contribution is 0.0601. The first-order valence-electron chi connectivity index (χ1n) is 7.56. The summed E-state index contributed by atoms with van der Waals surface area (Å²) >= 11 is 12.3. The zero-order valence-corrected chi connectivity index (χ0v) is 14.6. The minimum Gasteiger partial charge on any atom is -0.465 e. The smallest absolute Gasteiger partial charge is 0.340 e. The Morgan fingerprint density at radius 2 is 1.83 bits per heavy atom. The number of nitrogens with one attached hydrogen (secondary N) is 1. The topological polar surface area (TPSA) is 55.0 Å². The van der Waals surface area contributed by atoms with Gasteiger partial charge in [0.05, 0.1) is 34.4 Å². The van der Waals surface area contributed by atoms with Crippen molar-refractivity contribution in [1.82, 2.24) is 10.2 Å². The molecule has 6 heteroatoms. The van der Waals surface area contributed by atoms with Crippen LogP contribution in [0.3, 0.4) is 0 Å². The van der Waals surface area contributed by atoms with Gasteiger partial charge in [0.25, 0.3) is 0 Å². The van der Waals surface area contributed by atoms with Crippen molar-refractivity contribution in [3.8, 4) is 0 Å². The summed E-state index contributed by atoms with van der Waals surface area (Å²) in [6, 6.07) is 9.84. The van der Waals surface area contributed by atoms with Crippen LogP contribution in [-0.4, -0.2) is 23.3 Å². The van der Waals surface area contributed by atoms with E-state index >= 15 is 0 Å². The summed E-state index contributed by atoms with van der Waals surface area (Å²) in [5, 5.41) is 8.76. The number of ether oxygens (including phenoxy) is 1. The van der Waals surface area contributed by atoms with E-state index in [2.05, 4.69) is 33.1 Å². The summed E-state index contributed by atoms with van der Waals surface area (Å²) in [6.45, 7) is 0. The predicted molar refractivity (Wildman–Crippen MR) is 95.9 cm³/mol. The predicted octanol–water partition coefficient (Wildman–Crippen LogP) is 4.83. The van der Waals surface area contributed by atoms with Crippen molar-refractivity contribution in [2.45, 2.75) is 19.3 Å². The van der Waals surface area contributed by atoms with Crippen LogP contribution in [0.1, 0.15) is 27.9 Å². The normalized spacial score (nSPS) is 11.0. The van der Waals surface area contributed by atoms with Crippen molar-refractivity contribution in [2.24, 2.45) is 0 Å². The number of rotatable bonds is 5. The molecule has 0 aliphatic rings. The van der Waals surface area contributed by atoms with Gasteiger partial charge in [0, 0.05) is 5.39 Å². The van der Waals surface area contributed by atoms with Crippen molar-refractivity contribution >= 4 is 40.1 Å². The summed E-state index contributed by atoms with van der Waals surface area (Å²) in [6.07, 6.45) is 4.51. The average molecular weight is 363 g/mol. The van der Waals surface area contributed by atoms with E-state index in [1.165, 1.54) is 12.7 Å². The molecular formula is C18H16Cl2N2O2. The van der Waals surface area contributed by atoms with Gasteiger partial charge in [-0.05, 0) is 48.6 Å². The second kappa shape index (κ2) is 7.24. The summed E-state index contributed by atoms with van der Waals surface area (Å²) in [7, 11) is 1.30. The molecule has 1 N–H and O–H groups in total. The van der Waals surface area contributed by atoms with Crippen LogP contribution in [0.5, 0.6) is 0 Å². The van der Waals surface area contributed by atoms with Crippen LogP contribution in [0.25, 0.3) is 10.9 Å². The quantitative estimate of drug-likeness (QED) is 0.661. The number of methoxy groups -OCH3 is 1. The lowest BCUT2D eigenvalue weighted by Gasteiger charge is -2.09. The summed E-state index contributed by atoms with van der Waals surface area (Å²) in [5.74, 6) is -0.524. The third-order valence-corrected chi connectivity index (χ3v) is 4.52. The standard InChI is InChI=1S/C18H16Cl2N2O2/c1-24-18(23)17-14(19)7-12(8-15(17)20)4-2-3-11-5-6-13-10-21-22-16(13)9-11/h5-10H,2-4H2,1H3,(H,21,22). The number of aryl methyl sites for hydroxylation is 2. The number of hydrogen-bond donors (Lipinski definition) is 1. The first-order chi connectivity index (χ1) is 11.6. The highest BCUT2D eigenvalue weighted by Gasteiger charge is 2.16. The zero-order chi connectivity index (χ0) is 17.1. The molecule has 2 aromatic carbocycles. The maximum Gasteiger partial charge on any atom is 0.340 e.